The van der Waals surface area contributed by atoms with Gasteiger partial charge < -0.3 is 10.1 Å². The Labute approximate surface area is 113 Å². The molecule has 6 heteroatoms. The Morgan fingerprint density at radius 2 is 2.20 bits per heavy atom. The Bertz CT molecular complexity index is 861. The van der Waals surface area contributed by atoms with E-state index in [0.29, 0.717) is 28.1 Å². The van der Waals surface area contributed by atoms with Gasteiger partial charge in [0.2, 0.25) is 0 Å². The number of pyridine rings is 1. The highest BCUT2D eigenvalue weighted by molar-refractivity contribution is 6.00. The molecule has 2 aromatic heterocycles. The van der Waals surface area contributed by atoms with Crippen LogP contribution < -0.4 is 0 Å². The molecule has 2 heterocycles. The highest BCUT2D eigenvalue weighted by Crippen LogP contribution is 2.22. The second-order valence-electron chi connectivity index (χ2n) is 4.14. The minimum absolute atomic E-state index is 0.116. The van der Waals surface area contributed by atoms with Gasteiger partial charge in [-0.1, -0.05) is 12.1 Å². The van der Waals surface area contributed by atoms with Gasteiger partial charge in [-0.15, -0.1) is 0 Å². The number of fused-ring (bicyclic) bond motifs is 1. The molecule has 3 aromatic rings. The van der Waals surface area contributed by atoms with Gasteiger partial charge in [0.05, 0.1) is 22.7 Å². The van der Waals surface area contributed by atoms with Crippen LogP contribution in [0.5, 0.6) is 0 Å². The molecule has 0 aliphatic rings. The lowest BCUT2D eigenvalue weighted by Gasteiger charge is -1.96. The van der Waals surface area contributed by atoms with Crippen molar-refractivity contribution in [2.24, 2.45) is 0 Å². The van der Waals surface area contributed by atoms with Crippen molar-refractivity contribution in [2.45, 2.75) is 0 Å². The number of carboxylic acids is 1. The first kappa shape index (κ1) is 11.9. The Morgan fingerprint density at radius 3 is 2.95 bits per heavy atom. The number of benzene rings is 1. The summed E-state index contributed by atoms with van der Waals surface area (Å²) in [5.41, 5.74) is 2.04. The molecule has 20 heavy (non-hydrogen) atoms. The van der Waals surface area contributed by atoms with Crippen molar-refractivity contribution in [3.05, 3.63) is 47.7 Å². The molecule has 0 spiro atoms. The Balaban J connectivity index is 2.21. The molecular formula is C14H8N4O2. The van der Waals surface area contributed by atoms with E-state index in [2.05, 4.69) is 15.0 Å². The highest BCUT2D eigenvalue weighted by atomic mass is 16.4. The van der Waals surface area contributed by atoms with Crippen LogP contribution in [0.1, 0.15) is 15.9 Å². The van der Waals surface area contributed by atoms with Crippen LogP contribution in [0, 0.1) is 11.3 Å². The fraction of sp³-hybridized carbons (Fsp3) is 0. The summed E-state index contributed by atoms with van der Waals surface area (Å²) >= 11 is 0. The van der Waals surface area contributed by atoms with Gasteiger partial charge in [-0.25, -0.2) is 14.8 Å². The number of hydrogen-bond acceptors (Lipinski definition) is 4. The van der Waals surface area contributed by atoms with E-state index in [0.717, 1.165) is 0 Å². The molecule has 96 valence electrons. The summed E-state index contributed by atoms with van der Waals surface area (Å²) in [6.07, 6.45) is 1.40. The monoisotopic (exact) mass is 264 g/mol. The van der Waals surface area contributed by atoms with Gasteiger partial charge in [-0.2, -0.15) is 5.26 Å². The van der Waals surface area contributed by atoms with E-state index in [1.807, 2.05) is 6.07 Å². The van der Waals surface area contributed by atoms with Gasteiger partial charge in [0.1, 0.15) is 5.82 Å². The van der Waals surface area contributed by atoms with Crippen LogP contribution >= 0.6 is 0 Å². The number of nitrogens with one attached hydrogen (secondary N) is 1. The lowest BCUT2D eigenvalue weighted by molar-refractivity contribution is 0.0698. The summed E-state index contributed by atoms with van der Waals surface area (Å²) in [6.45, 7) is 0. The summed E-state index contributed by atoms with van der Waals surface area (Å²) in [5.74, 6) is -0.559. The Kier molecular flexibility index (Phi) is 2.66. The maximum Gasteiger partial charge on any atom is 0.338 e. The van der Waals surface area contributed by atoms with Gasteiger partial charge in [0, 0.05) is 11.8 Å². The van der Waals surface area contributed by atoms with E-state index in [1.54, 1.807) is 24.3 Å². The third-order valence-electron chi connectivity index (χ3n) is 2.89. The summed E-state index contributed by atoms with van der Waals surface area (Å²) in [5, 5.41) is 18.0. The van der Waals surface area contributed by atoms with E-state index in [9.17, 15) is 4.79 Å². The van der Waals surface area contributed by atoms with Gasteiger partial charge >= 0.3 is 5.97 Å². The maximum absolute atomic E-state index is 11.1. The third kappa shape index (κ3) is 1.87. The molecule has 1 aromatic carbocycles. The number of aromatic amines is 1. The number of rotatable bonds is 2. The quantitative estimate of drug-likeness (QED) is 0.738. The Hall–Kier alpha value is -3.20. The zero-order valence-electron chi connectivity index (χ0n) is 10.2. The standard InChI is InChI=1S/C14H8N4O2/c15-7-8-2-1-3-9(6-8)12-17-11-10(14(19)20)4-5-16-13(11)18-12/h1-6H,(H,19,20)(H,16,17,18). The van der Waals surface area contributed by atoms with Crippen molar-refractivity contribution in [1.29, 1.82) is 5.26 Å². The number of aromatic carboxylic acids is 1. The van der Waals surface area contributed by atoms with Crippen molar-refractivity contribution < 1.29 is 9.90 Å². The first-order valence-corrected chi connectivity index (χ1v) is 5.77. The van der Waals surface area contributed by atoms with Crippen LogP contribution in [-0.4, -0.2) is 26.0 Å². The molecule has 0 amide bonds. The SMILES string of the molecule is N#Cc1cccc(-c2nc3nccc(C(=O)O)c3[nH]2)c1. The topological polar surface area (TPSA) is 103 Å². The number of carboxylic acid groups (broad SMARTS) is 1. The molecule has 0 aliphatic carbocycles. The van der Waals surface area contributed by atoms with Crippen molar-refractivity contribution in [2.75, 3.05) is 0 Å². The van der Waals surface area contributed by atoms with Gasteiger partial charge in [-0.3, -0.25) is 0 Å². The average molecular weight is 264 g/mol. The number of hydrogen-bond donors (Lipinski definition) is 2. The van der Waals surface area contributed by atoms with E-state index in [4.69, 9.17) is 10.4 Å². The second-order valence-corrected chi connectivity index (χ2v) is 4.14. The molecule has 2 N–H and O–H groups in total. The molecule has 0 radical (unpaired) electrons. The van der Waals surface area contributed by atoms with Gasteiger partial charge in [-0.05, 0) is 18.2 Å². The largest absolute Gasteiger partial charge is 0.478 e. The van der Waals surface area contributed by atoms with Gasteiger partial charge in [0.25, 0.3) is 0 Å². The molecule has 0 saturated heterocycles. The first-order chi connectivity index (χ1) is 9.69. The van der Waals surface area contributed by atoms with E-state index < -0.39 is 5.97 Å². The van der Waals surface area contributed by atoms with Crippen LogP contribution in [0.15, 0.2) is 36.5 Å². The zero-order valence-corrected chi connectivity index (χ0v) is 10.2. The number of imidazole rings is 1. The van der Waals surface area contributed by atoms with Crippen molar-refractivity contribution >= 4 is 17.1 Å². The molecule has 0 aliphatic heterocycles. The van der Waals surface area contributed by atoms with E-state index >= 15 is 0 Å². The molecule has 6 nitrogen and oxygen atoms in total. The third-order valence-corrected chi connectivity index (χ3v) is 2.89. The number of H-pyrrole nitrogens is 1. The molecule has 0 atom stereocenters. The Morgan fingerprint density at radius 1 is 1.35 bits per heavy atom. The molecule has 0 bridgehead atoms. The second kappa shape index (κ2) is 4.48. The zero-order chi connectivity index (χ0) is 14.1. The minimum atomic E-state index is -1.04. The van der Waals surface area contributed by atoms with Crippen LogP contribution in [0.2, 0.25) is 0 Å². The lowest BCUT2D eigenvalue weighted by Crippen LogP contribution is -1.97. The van der Waals surface area contributed by atoms with E-state index in [1.165, 1.54) is 12.3 Å². The number of aromatic nitrogens is 3. The highest BCUT2D eigenvalue weighted by Gasteiger charge is 2.14. The molecule has 0 unspecified atom stereocenters. The number of carbonyl (C=O) groups is 1. The first-order valence-electron chi connectivity index (χ1n) is 5.77. The lowest BCUT2D eigenvalue weighted by atomic mass is 10.1. The number of nitriles is 1. The summed E-state index contributed by atoms with van der Waals surface area (Å²) in [6, 6.07) is 10.4. The predicted molar refractivity (Wildman–Crippen MR) is 71.0 cm³/mol. The summed E-state index contributed by atoms with van der Waals surface area (Å²) in [4.78, 5) is 22.4. The summed E-state index contributed by atoms with van der Waals surface area (Å²) < 4.78 is 0. The molecular weight excluding hydrogens is 256 g/mol. The van der Waals surface area contributed by atoms with Crippen LogP contribution in [0.25, 0.3) is 22.6 Å². The maximum atomic E-state index is 11.1. The van der Waals surface area contributed by atoms with E-state index in [-0.39, 0.29) is 5.56 Å². The average Bonchev–Trinajstić information content (AvgIpc) is 2.91. The molecule has 3 rings (SSSR count). The fourth-order valence-corrected chi connectivity index (χ4v) is 1.96. The van der Waals surface area contributed by atoms with Crippen LogP contribution in [0.4, 0.5) is 0 Å². The number of nitrogens with zero attached hydrogens (tertiary/aromatic N) is 3. The fourth-order valence-electron chi connectivity index (χ4n) is 1.96. The van der Waals surface area contributed by atoms with Crippen molar-refractivity contribution in [1.82, 2.24) is 15.0 Å². The smallest absolute Gasteiger partial charge is 0.338 e. The van der Waals surface area contributed by atoms with Crippen LogP contribution in [-0.2, 0) is 0 Å². The summed E-state index contributed by atoms with van der Waals surface area (Å²) in [7, 11) is 0. The van der Waals surface area contributed by atoms with Crippen molar-refractivity contribution in [3.8, 4) is 17.5 Å². The predicted octanol–water partition coefficient (Wildman–Crippen LogP) is 2.19. The van der Waals surface area contributed by atoms with Gasteiger partial charge in [0.15, 0.2) is 5.65 Å². The molecule has 0 saturated carbocycles. The van der Waals surface area contributed by atoms with Crippen molar-refractivity contribution in [3.63, 3.8) is 0 Å². The van der Waals surface area contributed by atoms with Crippen LogP contribution in [0.3, 0.4) is 0 Å². The molecule has 0 fully saturated rings. The normalized spacial score (nSPS) is 10.3. The minimum Gasteiger partial charge on any atom is -0.478 e.